The fourth-order valence-corrected chi connectivity index (χ4v) is 1.35. The Morgan fingerprint density at radius 3 is 2.88 bits per heavy atom. The number of fused-ring (bicyclic) bond motifs is 1. The molecule has 0 bridgehead atoms. The largest absolute Gasteiger partial charge is 0.491 e. The number of aliphatic hydroxyl groups is 1. The van der Waals surface area contributed by atoms with Gasteiger partial charge in [0.2, 0.25) is 6.79 Å². The second-order valence-corrected chi connectivity index (χ2v) is 3.20. The Morgan fingerprint density at radius 1 is 1.12 bits per heavy atom. The van der Waals surface area contributed by atoms with Gasteiger partial charge in [0.15, 0.2) is 11.5 Å². The molecule has 0 aromatic heterocycles. The monoisotopic (exact) mass is 226 g/mol. The molecule has 5 heteroatoms. The summed E-state index contributed by atoms with van der Waals surface area (Å²) in [6.07, 6.45) is 0. The van der Waals surface area contributed by atoms with Crippen LogP contribution in [0, 0.1) is 0 Å². The van der Waals surface area contributed by atoms with Crippen molar-refractivity contribution in [1.82, 2.24) is 0 Å². The van der Waals surface area contributed by atoms with Gasteiger partial charge in [-0.25, -0.2) is 0 Å². The lowest BCUT2D eigenvalue weighted by Crippen LogP contribution is -2.09. The fraction of sp³-hybridized carbons (Fsp3) is 0.455. The molecular formula is C11H14O5. The zero-order chi connectivity index (χ0) is 11.2. The molecule has 16 heavy (non-hydrogen) atoms. The Labute approximate surface area is 93.5 Å². The van der Waals surface area contributed by atoms with E-state index >= 15 is 0 Å². The van der Waals surface area contributed by atoms with E-state index in [4.69, 9.17) is 24.1 Å². The van der Waals surface area contributed by atoms with Gasteiger partial charge in [0.1, 0.15) is 12.4 Å². The summed E-state index contributed by atoms with van der Waals surface area (Å²) in [6.45, 7) is 1.53. The molecule has 1 aromatic rings. The van der Waals surface area contributed by atoms with Crippen LogP contribution >= 0.6 is 0 Å². The van der Waals surface area contributed by atoms with Gasteiger partial charge in [-0.1, -0.05) is 0 Å². The summed E-state index contributed by atoms with van der Waals surface area (Å²) in [6, 6.07) is 5.42. The van der Waals surface area contributed by atoms with Crippen molar-refractivity contribution in [1.29, 1.82) is 0 Å². The molecular weight excluding hydrogens is 212 g/mol. The van der Waals surface area contributed by atoms with Gasteiger partial charge in [0.25, 0.3) is 0 Å². The summed E-state index contributed by atoms with van der Waals surface area (Å²) >= 11 is 0. The molecule has 2 rings (SSSR count). The fourth-order valence-electron chi connectivity index (χ4n) is 1.35. The van der Waals surface area contributed by atoms with Crippen LogP contribution in [-0.4, -0.2) is 38.3 Å². The number of benzene rings is 1. The van der Waals surface area contributed by atoms with Gasteiger partial charge in [-0.15, -0.1) is 0 Å². The Bertz CT molecular complexity index is 339. The molecule has 1 heterocycles. The summed E-state index contributed by atoms with van der Waals surface area (Å²) in [7, 11) is 0. The van der Waals surface area contributed by atoms with Crippen LogP contribution in [0.15, 0.2) is 18.2 Å². The van der Waals surface area contributed by atoms with Gasteiger partial charge < -0.3 is 24.1 Å². The molecule has 5 nitrogen and oxygen atoms in total. The van der Waals surface area contributed by atoms with E-state index in [1.807, 2.05) is 12.1 Å². The average molecular weight is 226 g/mol. The van der Waals surface area contributed by atoms with Gasteiger partial charge in [-0.05, 0) is 12.1 Å². The molecule has 1 aromatic carbocycles. The number of rotatable bonds is 6. The Balaban J connectivity index is 1.77. The summed E-state index contributed by atoms with van der Waals surface area (Å²) in [5.41, 5.74) is 0. The minimum atomic E-state index is 0.0318. The maximum atomic E-state index is 8.49. The number of hydrogen-bond acceptors (Lipinski definition) is 5. The maximum absolute atomic E-state index is 8.49. The third-order valence-electron chi connectivity index (χ3n) is 2.08. The summed E-state index contributed by atoms with van der Waals surface area (Å²) in [4.78, 5) is 0. The van der Waals surface area contributed by atoms with Crippen LogP contribution in [-0.2, 0) is 4.74 Å². The Kier molecular flexibility index (Phi) is 3.85. The molecule has 0 fully saturated rings. The van der Waals surface area contributed by atoms with Gasteiger partial charge in [-0.3, -0.25) is 0 Å². The quantitative estimate of drug-likeness (QED) is 0.727. The van der Waals surface area contributed by atoms with Crippen LogP contribution in [0.25, 0.3) is 0 Å². The molecule has 0 atom stereocenters. The van der Waals surface area contributed by atoms with Crippen molar-refractivity contribution >= 4 is 0 Å². The van der Waals surface area contributed by atoms with Crippen LogP contribution < -0.4 is 14.2 Å². The van der Waals surface area contributed by atoms with Crippen LogP contribution in [0.5, 0.6) is 17.2 Å². The predicted molar refractivity (Wildman–Crippen MR) is 56.0 cm³/mol. The first kappa shape index (κ1) is 11.0. The van der Waals surface area contributed by atoms with Crippen molar-refractivity contribution in [3.63, 3.8) is 0 Å². The van der Waals surface area contributed by atoms with Crippen LogP contribution in [0.1, 0.15) is 0 Å². The van der Waals surface area contributed by atoms with Crippen LogP contribution in [0.4, 0.5) is 0 Å². The Morgan fingerprint density at radius 2 is 2.00 bits per heavy atom. The normalized spacial score (nSPS) is 12.8. The second-order valence-electron chi connectivity index (χ2n) is 3.20. The number of hydrogen-bond donors (Lipinski definition) is 1. The van der Waals surface area contributed by atoms with E-state index in [1.54, 1.807) is 6.07 Å². The van der Waals surface area contributed by atoms with Crippen LogP contribution in [0.2, 0.25) is 0 Å². The topological polar surface area (TPSA) is 57.2 Å². The molecule has 1 N–H and O–H groups in total. The summed E-state index contributed by atoms with van der Waals surface area (Å²) in [5, 5.41) is 8.49. The first-order valence-electron chi connectivity index (χ1n) is 5.11. The molecule has 88 valence electrons. The molecule has 0 amide bonds. The highest BCUT2D eigenvalue weighted by Crippen LogP contribution is 2.34. The minimum Gasteiger partial charge on any atom is -0.491 e. The third kappa shape index (κ3) is 2.77. The van der Waals surface area contributed by atoms with Crippen molar-refractivity contribution < 1.29 is 24.1 Å². The van der Waals surface area contributed by atoms with Gasteiger partial charge in [0.05, 0.1) is 19.8 Å². The number of ether oxygens (including phenoxy) is 4. The lowest BCUT2D eigenvalue weighted by Gasteiger charge is -2.06. The number of aliphatic hydroxyl groups excluding tert-OH is 1. The van der Waals surface area contributed by atoms with Gasteiger partial charge in [0, 0.05) is 6.07 Å². The van der Waals surface area contributed by atoms with Gasteiger partial charge >= 0.3 is 0 Å². The van der Waals surface area contributed by atoms with Crippen molar-refractivity contribution in [3.8, 4) is 17.2 Å². The SMILES string of the molecule is OCCOCCOc1ccc2c(c1)OCO2. The van der Waals surface area contributed by atoms with E-state index in [1.165, 1.54) is 0 Å². The average Bonchev–Trinajstić information content (AvgIpc) is 2.76. The molecule has 0 spiro atoms. The van der Waals surface area contributed by atoms with E-state index in [0.717, 1.165) is 11.5 Å². The zero-order valence-electron chi connectivity index (χ0n) is 8.85. The van der Waals surface area contributed by atoms with Crippen molar-refractivity contribution in [2.75, 3.05) is 33.2 Å². The van der Waals surface area contributed by atoms with Crippen LogP contribution in [0.3, 0.4) is 0 Å². The molecule has 1 aliphatic rings. The van der Waals surface area contributed by atoms with E-state index < -0.39 is 0 Å². The molecule has 0 unspecified atom stereocenters. The zero-order valence-corrected chi connectivity index (χ0v) is 8.85. The second kappa shape index (κ2) is 5.58. The van der Waals surface area contributed by atoms with Crippen molar-refractivity contribution in [3.05, 3.63) is 18.2 Å². The van der Waals surface area contributed by atoms with Crippen molar-refractivity contribution in [2.45, 2.75) is 0 Å². The molecule has 0 radical (unpaired) electrons. The molecule has 0 saturated heterocycles. The molecule has 1 aliphatic heterocycles. The van der Waals surface area contributed by atoms with E-state index in [0.29, 0.717) is 25.6 Å². The lowest BCUT2D eigenvalue weighted by molar-refractivity contribution is 0.0705. The molecule has 0 saturated carbocycles. The van der Waals surface area contributed by atoms with Gasteiger partial charge in [-0.2, -0.15) is 0 Å². The third-order valence-corrected chi connectivity index (χ3v) is 2.08. The summed E-state index contributed by atoms with van der Waals surface area (Å²) < 4.78 is 20.9. The summed E-state index contributed by atoms with van der Waals surface area (Å²) in [5.74, 6) is 2.16. The highest BCUT2D eigenvalue weighted by molar-refractivity contribution is 5.46. The molecule has 0 aliphatic carbocycles. The minimum absolute atomic E-state index is 0.0318. The highest BCUT2D eigenvalue weighted by Gasteiger charge is 2.13. The standard InChI is InChI=1S/C11H14O5/c12-3-4-13-5-6-14-9-1-2-10-11(7-9)16-8-15-10/h1-2,7,12H,3-6,8H2. The highest BCUT2D eigenvalue weighted by atomic mass is 16.7. The Hall–Kier alpha value is -1.46. The van der Waals surface area contributed by atoms with E-state index in [-0.39, 0.29) is 13.4 Å². The predicted octanol–water partition coefficient (Wildman–Crippen LogP) is 0.803. The lowest BCUT2D eigenvalue weighted by atomic mass is 10.3. The van der Waals surface area contributed by atoms with E-state index in [9.17, 15) is 0 Å². The maximum Gasteiger partial charge on any atom is 0.231 e. The first-order valence-corrected chi connectivity index (χ1v) is 5.11. The van der Waals surface area contributed by atoms with E-state index in [2.05, 4.69) is 0 Å². The first-order chi connectivity index (χ1) is 7.90. The smallest absolute Gasteiger partial charge is 0.231 e. The van der Waals surface area contributed by atoms with Crippen molar-refractivity contribution in [2.24, 2.45) is 0 Å².